The highest BCUT2D eigenvalue weighted by atomic mass is 32.1. The number of carbonyl (C=O) groups excluding carboxylic acids is 1. The third-order valence-corrected chi connectivity index (χ3v) is 3.93. The second-order valence-corrected chi connectivity index (χ2v) is 5.78. The number of fused-ring (bicyclic) bond motifs is 1. The van der Waals surface area contributed by atoms with Gasteiger partial charge < -0.3 is 4.57 Å². The van der Waals surface area contributed by atoms with Gasteiger partial charge in [0.25, 0.3) is 11.5 Å². The van der Waals surface area contributed by atoms with Crippen molar-refractivity contribution < 1.29 is 4.79 Å². The molecule has 0 saturated heterocycles. The van der Waals surface area contributed by atoms with Gasteiger partial charge in [-0.15, -0.1) is 0 Å². The first kappa shape index (κ1) is 16.7. The molecule has 1 aromatic heterocycles. The van der Waals surface area contributed by atoms with Gasteiger partial charge in [0.2, 0.25) is 0 Å². The van der Waals surface area contributed by atoms with Crippen LogP contribution in [0.25, 0.3) is 10.9 Å². The van der Waals surface area contributed by atoms with E-state index < -0.39 is 0 Å². The maximum atomic E-state index is 12.1. The van der Waals surface area contributed by atoms with Gasteiger partial charge in [-0.25, -0.2) is 0 Å². The summed E-state index contributed by atoms with van der Waals surface area (Å²) in [5.41, 5.74) is 7.36. The molecule has 0 aliphatic heterocycles. The van der Waals surface area contributed by atoms with Gasteiger partial charge >= 0.3 is 0 Å². The molecule has 3 N–H and O–H groups in total. The average molecular weight is 352 g/mol. The summed E-state index contributed by atoms with van der Waals surface area (Å²) >= 11 is 5.12. The van der Waals surface area contributed by atoms with Crippen molar-refractivity contribution in [3.63, 3.8) is 0 Å². The third kappa shape index (κ3) is 3.67. The van der Waals surface area contributed by atoms with Crippen molar-refractivity contribution in [1.82, 2.24) is 15.3 Å². The Balaban J connectivity index is 1.73. The number of pyridine rings is 1. The monoisotopic (exact) mass is 352 g/mol. The van der Waals surface area contributed by atoms with Crippen molar-refractivity contribution in [1.29, 1.82) is 0 Å². The van der Waals surface area contributed by atoms with Crippen molar-refractivity contribution in [2.75, 3.05) is 5.43 Å². The van der Waals surface area contributed by atoms with E-state index in [-0.39, 0.29) is 16.6 Å². The van der Waals surface area contributed by atoms with E-state index in [1.165, 1.54) is 6.07 Å². The van der Waals surface area contributed by atoms with Gasteiger partial charge in [-0.3, -0.25) is 25.8 Å². The standard InChI is InChI=1S/C18H16N4O2S/c1-22-15-10-6-5-9-13(15)14(11-16(22)23)20-21-18(25)19-17(24)12-7-3-2-4-8-12/h2-11,20H,1H3,(H2,19,21,24,25). The van der Waals surface area contributed by atoms with Crippen LogP contribution in [0, 0.1) is 0 Å². The Labute approximate surface area is 149 Å². The third-order valence-electron chi connectivity index (χ3n) is 3.73. The summed E-state index contributed by atoms with van der Waals surface area (Å²) < 4.78 is 1.57. The van der Waals surface area contributed by atoms with Gasteiger partial charge in [-0.2, -0.15) is 0 Å². The highest BCUT2D eigenvalue weighted by Gasteiger charge is 2.09. The van der Waals surface area contributed by atoms with Crippen LogP contribution in [0.5, 0.6) is 0 Å². The van der Waals surface area contributed by atoms with Gasteiger partial charge in [-0.1, -0.05) is 36.4 Å². The van der Waals surface area contributed by atoms with Crippen LogP contribution < -0.4 is 21.7 Å². The molecule has 3 rings (SSSR count). The van der Waals surface area contributed by atoms with Gasteiger partial charge in [0, 0.05) is 24.1 Å². The van der Waals surface area contributed by atoms with E-state index in [1.54, 1.807) is 35.9 Å². The molecule has 25 heavy (non-hydrogen) atoms. The Kier molecular flexibility index (Phi) is 4.76. The molecule has 7 heteroatoms. The number of aryl methyl sites for hydroxylation is 1. The largest absolute Gasteiger partial charge is 0.311 e. The molecule has 0 aliphatic carbocycles. The zero-order chi connectivity index (χ0) is 17.8. The summed E-state index contributed by atoms with van der Waals surface area (Å²) in [5.74, 6) is -0.311. The Hall–Kier alpha value is -3.19. The highest BCUT2D eigenvalue weighted by Crippen LogP contribution is 2.19. The Morgan fingerprint density at radius 1 is 1.04 bits per heavy atom. The van der Waals surface area contributed by atoms with E-state index in [9.17, 15) is 9.59 Å². The molecule has 126 valence electrons. The first-order valence-corrected chi connectivity index (χ1v) is 7.98. The number of aromatic nitrogens is 1. The first-order valence-electron chi connectivity index (χ1n) is 7.57. The molecule has 0 spiro atoms. The van der Waals surface area contributed by atoms with Crippen molar-refractivity contribution in [2.24, 2.45) is 7.05 Å². The van der Waals surface area contributed by atoms with E-state index in [0.717, 1.165) is 10.9 Å². The minimum atomic E-state index is -0.311. The quantitative estimate of drug-likeness (QED) is 0.498. The molecule has 2 aromatic carbocycles. The number of benzene rings is 2. The van der Waals surface area contributed by atoms with E-state index in [2.05, 4.69) is 16.2 Å². The molecule has 0 atom stereocenters. The van der Waals surface area contributed by atoms with Crippen molar-refractivity contribution >= 4 is 39.8 Å². The zero-order valence-electron chi connectivity index (χ0n) is 13.4. The predicted octanol–water partition coefficient (Wildman–Crippen LogP) is 2.17. The lowest BCUT2D eigenvalue weighted by molar-refractivity contribution is 0.0977. The number of rotatable bonds is 3. The van der Waals surface area contributed by atoms with Crippen LogP contribution in [0.2, 0.25) is 0 Å². The number of hydrogen-bond acceptors (Lipinski definition) is 4. The number of hydrogen-bond donors (Lipinski definition) is 3. The fraction of sp³-hybridized carbons (Fsp3) is 0.0556. The van der Waals surface area contributed by atoms with Gasteiger partial charge in [0.05, 0.1) is 11.2 Å². The summed E-state index contributed by atoms with van der Waals surface area (Å²) in [6, 6.07) is 17.7. The SMILES string of the molecule is Cn1c(=O)cc(NNC(=S)NC(=O)c2ccccc2)c2ccccc21. The van der Waals surface area contributed by atoms with E-state index >= 15 is 0 Å². The molecule has 0 fully saturated rings. The van der Waals surface area contributed by atoms with Crippen LogP contribution >= 0.6 is 12.2 Å². The lowest BCUT2D eigenvalue weighted by Gasteiger charge is -2.14. The number of amides is 1. The number of nitrogens with one attached hydrogen (secondary N) is 3. The molecule has 0 aliphatic rings. The molecule has 1 amide bonds. The maximum absolute atomic E-state index is 12.1. The summed E-state index contributed by atoms with van der Waals surface area (Å²) in [4.78, 5) is 24.1. The number of nitrogens with zero attached hydrogens (tertiary/aromatic N) is 1. The summed E-state index contributed by atoms with van der Waals surface area (Å²) in [7, 11) is 1.71. The summed E-state index contributed by atoms with van der Waals surface area (Å²) in [6.07, 6.45) is 0. The predicted molar refractivity (Wildman–Crippen MR) is 102 cm³/mol. The van der Waals surface area contributed by atoms with Gasteiger partial charge in [-0.05, 0) is 30.4 Å². The highest BCUT2D eigenvalue weighted by molar-refractivity contribution is 7.80. The molecule has 0 radical (unpaired) electrons. The molecule has 6 nitrogen and oxygen atoms in total. The second kappa shape index (κ2) is 7.14. The summed E-state index contributed by atoms with van der Waals surface area (Å²) in [6.45, 7) is 0. The number of para-hydroxylation sites is 1. The van der Waals surface area contributed by atoms with Crippen LogP contribution in [0.1, 0.15) is 10.4 Å². The number of anilines is 1. The lowest BCUT2D eigenvalue weighted by Crippen LogP contribution is -2.42. The molecule has 0 saturated carbocycles. The topological polar surface area (TPSA) is 75.2 Å². The molecular weight excluding hydrogens is 336 g/mol. The molecule has 1 heterocycles. The fourth-order valence-corrected chi connectivity index (χ4v) is 2.58. The van der Waals surface area contributed by atoms with E-state index in [0.29, 0.717) is 11.3 Å². The van der Waals surface area contributed by atoms with Gasteiger partial charge in [0.1, 0.15) is 0 Å². The smallest absolute Gasteiger partial charge is 0.257 e. The maximum Gasteiger partial charge on any atom is 0.257 e. The Morgan fingerprint density at radius 2 is 1.72 bits per heavy atom. The van der Waals surface area contributed by atoms with E-state index in [4.69, 9.17) is 12.2 Å². The number of carbonyl (C=O) groups is 1. The minimum Gasteiger partial charge on any atom is -0.311 e. The van der Waals surface area contributed by atoms with Crippen LogP contribution in [0.3, 0.4) is 0 Å². The molecule has 0 unspecified atom stereocenters. The van der Waals surface area contributed by atoms with Gasteiger partial charge in [0.15, 0.2) is 5.11 Å². The van der Waals surface area contributed by atoms with Crippen molar-refractivity contribution in [2.45, 2.75) is 0 Å². The summed E-state index contributed by atoms with van der Waals surface area (Å²) in [5, 5.41) is 3.54. The molecule has 3 aromatic rings. The minimum absolute atomic E-state index is 0.110. The van der Waals surface area contributed by atoms with Crippen LogP contribution in [0.4, 0.5) is 5.69 Å². The van der Waals surface area contributed by atoms with Crippen LogP contribution in [-0.2, 0) is 7.05 Å². The zero-order valence-corrected chi connectivity index (χ0v) is 14.3. The Bertz CT molecular complexity index is 999. The lowest BCUT2D eigenvalue weighted by atomic mass is 10.2. The van der Waals surface area contributed by atoms with Crippen LogP contribution in [0.15, 0.2) is 65.5 Å². The number of thiocarbonyl (C=S) groups is 1. The molecular formula is C18H16N4O2S. The Morgan fingerprint density at radius 3 is 2.48 bits per heavy atom. The normalized spacial score (nSPS) is 10.3. The first-order chi connectivity index (χ1) is 12.1. The van der Waals surface area contributed by atoms with Crippen molar-refractivity contribution in [3.8, 4) is 0 Å². The molecule has 0 bridgehead atoms. The van der Waals surface area contributed by atoms with Crippen molar-refractivity contribution in [3.05, 3.63) is 76.6 Å². The second-order valence-electron chi connectivity index (χ2n) is 5.37. The average Bonchev–Trinajstić information content (AvgIpc) is 2.64. The van der Waals surface area contributed by atoms with E-state index in [1.807, 2.05) is 30.3 Å². The van der Waals surface area contributed by atoms with Crippen LogP contribution in [-0.4, -0.2) is 15.6 Å². The number of hydrazine groups is 1. The fourth-order valence-electron chi connectivity index (χ4n) is 2.43.